The van der Waals surface area contributed by atoms with Crippen molar-refractivity contribution in [2.24, 2.45) is 5.41 Å². The monoisotopic (exact) mass is 239 g/mol. The molecule has 1 aromatic heterocycles. The van der Waals surface area contributed by atoms with E-state index in [1.165, 1.54) is 7.11 Å². The van der Waals surface area contributed by atoms with Crippen LogP contribution in [-0.4, -0.2) is 27.8 Å². The van der Waals surface area contributed by atoms with Crippen LogP contribution in [0.15, 0.2) is 0 Å². The normalized spacial score (nSPS) is 11.6. The van der Waals surface area contributed by atoms with Gasteiger partial charge in [-0.25, -0.2) is 9.67 Å². The fraction of sp³-hybridized carbons (Fsp3) is 0.750. The molecule has 5 heteroatoms. The molecular formula is C12H21N3O2. The number of hydrogen-bond acceptors (Lipinski definition) is 4. The number of esters is 1. The summed E-state index contributed by atoms with van der Waals surface area (Å²) in [4.78, 5) is 16.0. The Balaban J connectivity index is 2.93. The van der Waals surface area contributed by atoms with Crippen molar-refractivity contribution in [3.63, 3.8) is 0 Å². The molecule has 96 valence electrons. The van der Waals surface area contributed by atoms with Crippen LogP contribution in [0.3, 0.4) is 0 Å². The first-order valence-corrected chi connectivity index (χ1v) is 5.95. The number of carbonyl (C=O) groups excluding carboxylic acids is 1. The minimum absolute atomic E-state index is 0.229. The number of aryl methyl sites for hydroxylation is 2. The highest BCUT2D eigenvalue weighted by molar-refractivity contribution is 5.75. The van der Waals surface area contributed by atoms with Crippen LogP contribution in [0.1, 0.15) is 39.3 Å². The average Bonchev–Trinajstić information content (AvgIpc) is 2.69. The maximum Gasteiger partial charge on any atom is 0.313 e. The highest BCUT2D eigenvalue weighted by Gasteiger charge is 2.30. The largest absolute Gasteiger partial charge is 0.469 e. The smallest absolute Gasteiger partial charge is 0.313 e. The van der Waals surface area contributed by atoms with Gasteiger partial charge in [-0.1, -0.05) is 13.8 Å². The molecule has 0 aromatic carbocycles. The molecule has 0 radical (unpaired) electrons. The van der Waals surface area contributed by atoms with Crippen LogP contribution in [0.4, 0.5) is 0 Å². The van der Waals surface area contributed by atoms with Crippen molar-refractivity contribution in [3.05, 3.63) is 11.6 Å². The van der Waals surface area contributed by atoms with E-state index in [0.717, 1.165) is 24.5 Å². The van der Waals surface area contributed by atoms with Crippen LogP contribution < -0.4 is 0 Å². The van der Waals surface area contributed by atoms with Gasteiger partial charge in [0.05, 0.1) is 19.1 Å². The lowest BCUT2D eigenvalue weighted by Crippen LogP contribution is -2.31. The minimum Gasteiger partial charge on any atom is -0.469 e. The SMILES string of the molecule is CCc1nc(CC)n(CC(C)(C)C(=O)OC)n1. The van der Waals surface area contributed by atoms with E-state index in [9.17, 15) is 4.79 Å². The fourth-order valence-electron chi connectivity index (χ4n) is 1.68. The third kappa shape index (κ3) is 3.05. The second kappa shape index (κ2) is 5.29. The Labute approximate surface area is 102 Å². The molecule has 17 heavy (non-hydrogen) atoms. The Morgan fingerprint density at radius 3 is 2.47 bits per heavy atom. The Hall–Kier alpha value is -1.39. The molecule has 0 atom stereocenters. The van der Waals surface area contributed by atoms with E-state index in [1.807, 2.05) is 32.4 Å². The Bertz CT molecular complexity index is 396. The Morgan fingerprint density at radius 1 is 1.35 bits per heavy atom. The molecule has 0 aliphatic heterocycles. The number of methoxy groups -OCH3 is 1. The van der Waals surface area contributed by atoms with Gasteiger partial charge in [-0.3, -0.25) is 4.79 Å². The fourth-order valence-corrected chi connectivity index (χ4v) is 1.68. The van der Waals surface area contributed by atoms with Gasteiger partial charge in [0.25, 0.3) is 0 Å². The summed E-state index contributed by atoms with van der Waals surface area (Å²) in [6.45, 7) is 8.25. The van der Waals surface area contributed by atoms with E-state index in [4.69, 9.17) is 4.74 Å². The van der Waals surface area contributed by atoms with Crippen molar-refractivity contribution >= 4 is 5.97 Å². The molecule has 1 aromatic rings. The summed E-state index contributed by atoms with van der Waals surface area (Å²) in [7, 11) is 1.41. The van der Waals surface area contributed by atoms with Gasteiger partial charge in [0.1, 0.15) is 5.82 Å². The zero-order chi connectivity index (χ0) is 13.1. The van der Waals surface area contributed by atoms with E-state index in [2.05, 4.69) is 10.1 Å². The molecular weight excluding hydrogens is 218 g/mol. The van der Waals surface area contributed by atoms with E-state index in [1.54, 1.807) is 0 Å². The topological polar surface area (TPSA) is 57.0 Å². The molecule has 1 heterocycles. The lowest BCUT2D eigenvalue weighted by Gasteiger charge is -2.21. The van der Waals surface area contributed by atoms with Crippen molar-refractivity contribution < 1.29 is 9.53 Å². The number of ether oxygens (including phenoxy) is 1. The molecule has 0 spiro atoms. The highest BCUT2D eigenvalue weighted by atomic mass is 16.5. The molecule has 0 unspecified atom stereocenters. The summed E-state index contributed by atoms with van der Waals surface area (Å²) < 4.78 is 6.61. The zero-order valence-electron chi connectivity index (χ0n) is 11.3. The highest BCUT2D eigenvalue weighted by Crippen LogP contribution is 2.20. The van der Waals surface area contributed by atoms with Gasteiger partial charge >= 0.3 is 5.97 Å². The lowest BCUT2D eigenvalue weighted by atomic mass is 9.94. The molecule has 0 aliphatic carbocycles. The third-order valence-corrected chi connectivity index (χ3v) is 2.71. The van der Waals surface area contributed by atoms with Crippen LogP contribution in [0.5, 0.6) is 0 Å². The van der Waals surface area contributed by atoms with Crippen molar-refractivity contribution in [3.8, 4) is 0 Å². The molecule has 0 aliphatic rings. The maximum absolute atomic E-state index is 11.6. The van der Waals surface area contributed by atoms with Crippen molar-refractivity contribution in [1.29, 1.82) is 0 Å². The van der Waals surface area contributed by atoms with Gasteiger partial charge in [-0.15, -0.1) is 0 Å². The van der Waals surface area contributed by atoms with E-state index >= 15 is 0 Å². The number of hydrogen-bond donors (Lipinski definition) is 0. The summed E-state index contributed by atoms with van der Waals surface area (Å²) in [5.41, 5.74) is -0.586. The molecule has 0 saturated carbocycles. The first-order chi connectivity index (χ1) is 7.94. The average molecular weight is 239 g/mol. The predicted molar refractivity (Wildman–Crippen MR) is 64.6 cm³/mol. The molecule has 0 fully saturated rings. The Kier molecular flexibility index (Phi) is 4.26. The van der Waals surface area contributed by atoms with Crippen LogP contribution >= 0.6 is 0 Å². The second-order valence-corrected chi connectivity index (χ2v) is 4.68. The van der Waals surface area contributed by atoms with E-state index in [-0.39, 0.29) is 5.97 Å². The third-order valence-electron chi connectivity index (χ3n) is 2.71. The summed E-state index contributed by atoms with van der Waals surface area (Å²) in [6.07, 6.45) is 1.61. The zero-order valence-corrected chi connectivity index (χ0v) is 11.3. The van der Waals surface area contributed by atoms with Crippen LogP contribution in [0, 0.1) is 5.41 Å². The lowest BCUT2D eigenvalue weighted by molar-refractivity contribution is -0.151. The summed E-state index contributed by atoms with van der Waals surface area (Å²) in [5, 5.41) is 4.40. The van der Waals surface area contributed by atoms with E-state index in [0.29, 0.717) is 6.54 Å². The first-order valence-electron chi connectivity index (χ1n) is 5.95. The van der Waals surface area contributed by atoms with Crippen LogP contribution in [0.25, 0.3) is 0 Å². The van der Waals surface area contributed by atoms with Gasteiger partial charge in [-0.05, 0) is 13.8 Å². The van der Waals surface area contributed by atoms with Crippen LogP contribution in [0.2, 0.25) is 0 Å². The van der Waals surface area contributed by atoms with Gasteiger partial charge < -0.3 is 4.74 Å². The molecule has 0 N–H and O–H groups in total. The Morgan fingerprint density at radius 2 is 2.00 bits per heavy atom. The standard InChI is InChI=1S/C12H21N3O2/c1-6-9-13-10(7-2)15(14-9)8-12(3,4)11(16)17-5/h6-8H2,1-5H3. The van der Waals surface area contributed by atoms with Gasteiger partial charge in [0, 0.05) is 12.8 Å². The quantitative estimate of drug-likeness (QED) is 0.732. The van der Waals surface area contributed by atoms with E-state index < -0.39 is 5.41 Å². The number of nitrogens with zero attached hydrogens (tertiary/aromatic N) is 3. The predicted octanol–water partition coefficient (Wildman–Crippen LogP) is 1.60. The minimum atomic E-state index is -0.586. The number of aromatic nitrogens is 3. The molecule has 5 nitrogen and oxygen atoms in total. The second-order valence-electron chi connectivity index (χ2n) is 4.68. The maximum atomic E-state index is 11.6. The molecule has 0 amide bonds. The van der Waals surface area contributed by atoms with Crippen molar-refractivity contribution in [2.45, 2.75) is 47.1 Å². The number of carbonyl (C=O) groups is 1. The van der Waals surface area contributed by atoms with Crippen LogP contribution in [-0.2, 0) is 28.9 Å². The van der Waals surface area contributed by atoms with Gasteiger partial charge in [0.2, 0.25) is 0 Å². The molecule has 0 saturated heterocycles. The van der Waals surface area contributed by atoms with Crippen molar-refractivity contribution in [2.75, 3.05) is 7.11 Å². The summed E-state index contributed by atoms with van der Waals surface area (Å²) in [5.74, 6) is 1.51. The van der Waals surface area contributed by atoms with Gasteiger partial charge in [-0.2, -0.15) is 5.10 Å². The van der Waals surface area contributed by atoms with Gasteiger partial charge in [0.15, 0.2) is 5.82 Å². The van der Waals surface area contributed by atoms with Crippen molar-refractivity contribution in [1.82, 2.24) is 14.8 Å². The molecule has 1 rings (SSSR count). The number of rotatable bonds is 5. The first kappa shape index (κ1) is 13.7. The molecule has 0 bridgehead atoms. The summed E-state index contributed by atoms with van der Waals surface area (Å²) in [6, 6.07) is 0. The summed E-state index contributed by atoms with van der Waals surface area (Å²) >= 11 is 0.